The lowest BCUT2D eigenvalue weighted by atomic mass is 9.69. The molecular formula is C16H19ClN2O2. The van der Waals surface area contributed by atoms with E-state index in [2.05, 4.69) is 24.4 Å². The van der Waals surface area contributed by atoms with Crippen LogP contribution in [0.4, 0.5) is 0 Å². The van der Waals surface area contributed by atoms with Gasteiger partial charge in [-0.1, -0.05) is 25.4 Å². The van der Waals surface area contributed by atoms with Crippen LogP contribution in [0.1, 0.15) is 26.7 Å². The Morgan fingerprint density at radius 3 is 2.81 bits per heavy atom. The molecule has 0 amide bonds. The summed E-state index contributed by atoms with van der Waals surface area (Å²) in [4.78, 5) is 12.4. The van der Waals surface area contributed by atoms with Crippen molar-refractivity contribution in [3.05, 3.63) is 29.3 Å². The van der Waals surface area contributed by atoms with Crippen LogP contribution in [0.3, 0.4) is 0 Å². The summed E-state index contributed by atoms with van der Waals surface area (Å²) in [5.74, 6) is 0.860. The molecule has 2 aliphatic rings. The Kier molecular flexibility index (Phi) is 3.66. The van der Waals surface area contributed by atoms with Crippen LogP contribution in [0.25, 0.3) is 0 Å². The van der Waals surface area contributed by atoms with Gasteiger partial charge in [0.15, 0.2) is 0 Å². The molecule has 4 nitrogen and oxygen atoms in total. The highest BCUT2D eigenvalue weighted by atomic mass is 35.5. The van der Waals surface area contributed by atoms with E-state index in [1.165, 1.54) is 0 Å². The smallest absolute Gasteiger partial charge is 0.144 e. The Morgan fingerprint density at radius 1 is 1.38 bits per heavy atom. The lowest BCUT2D eigenvalue weighted by molar-refractivity contribution is -0.126. The molecule has 0 bridgehead atoms. The molecule has 21 heavy (non-hydrogen) atoms. The first kappa shape index (κ1) is 14.4. The lowest BCUT2D eigenvalue weighted by Crippen LogP contribution is -2.46. The maximum Gasteiger partial charge on any atom is 0.144 e. The van der Waals surface area contributed by atoms with Crippen LogP contribution in [0.2, 0.25) is 5.02 Å². The summed E-state index contributed by atoms with van der Waals surface area (Å²) in [6, 6.07) is 7.30. The van der Waals surface area contributed by atoms with Gasteiger partial charge < -0.3 is 10.2 Å². The minimum Gasteiger partial charge on any atom is -0.488 e. The Labute approximate surface area is 129 Å². The molecule has 2 atom stereocenters. The van der Waals surface area contributed by atoms with Crippen LogP contribution < -0.4 is 10.2 Å². The second-order valence-electron chi connectivity index (χ2n) is 6.57. The molecule has 1 fully saturated rings. The Bertz CT molecular complexity index is 580. The van der Waals surface area contributed by atoms with E-state index in [4.69, 9.17) is 16.3 Å². The molecule has 0 radical (unpaired) electrons. The summed E-state index contributed by atoms with van der Waals surface area (Å²) in [6.45, 7) is 4.60. The second-order valence-corrected chi connectivity index (χ2v) is 7.01. The zero-order valence-electron chi connectivity index (χ0n) is 12.2. The Morgan fingerprint density at radius 2 is 2.10 bits per heavy atom. The number of fused-ring (bicyclic) bond motifs is 1. The van der Waals surface area contributed by atoms with Gasteiger partial charge in [-0.2, -0.15) is 5.10 Å². The molecule has 0 aromatic heterocycles. The fourth-order valence-electron chi connectivity index (χ4n) is 3.18. The van der Waals surface area contributed by atoms with Gasteiger partial charge in [0.05, 0.1) is 17.7 Å². The van der Waals surface area contributed by atoms with Crippen LogP contribution in [-0.2, 0) is 4.79 Å². The van der Waals surface area contributed by atoms with Crippen molar-refractivity contribution >= 4 is 23.1 Å². The van der Waals surface area contributed by atoms with Gasteiger partial charge in [0, 0.05) is 11.4 Å². The van der Waals surface area contributed by atoms with Gasteiger partial charge >= 0.3 is 0 Å². The van der Waals surface area contributed by atoms with Crippen molar-refractivity contribution in [2.75, 3.05) is 6.61 Å². The summed E-state index contributed by atoms with van der Waals surface area (Å²) in [7, 11) is 0. The highest BCUT2D eigenvalue weighted by molar-refractivity contribution is 6.30. The SMILES string of the molecule is CC1(C)CC(=O)[C@H]2C(COc3ccc(Cl)cc3)=NN[C@@H]2C1. The van der Waals surface area contributed by atoms with Gasteiger partial charge in [-0.25, -0.2) is 0 Å². The van der Waals surface area contributed by atoms with Crippen LogP contribution in [0.5, 0.6) is 5.75 Å². The maximum absolute atomic E-state index is 12.4. The fourth-order valence-corrected chi connectivity index (χ4v) is 3.30. The minimum atomic E-state index is -0.134. The number of hydrazone groups is 1. The van der Waals surface area contributed by atoms with Gasteiger partial charge in [-0.05, 0) is 36.1 Å². The van der Waals surface area contributed by atoms with Crippen LogP contribution in [0, 0.1) is 11.3 Å². The van der Waals surface area contributed by atoms with E-state index in [-0.39, 0.29) is 23.2 Å². The van der Waals surface area contributed by atoms with Gasteiger partial charge in [0.25, 0.3) is 0 Å². The highest BCUT2D eigenvalue weighted by Gasteiger charge is 2.45. The molecule has 1 aliphatic carbocycles. The first-order chi connectivity index (χ1) is 9.94. The predicted octanol–water partition coefficient (Wildman–Crippen LogP) is 3.05. The summed E-state index contributed by atoms with van der Waals surface area (Å²) in [6.07, 6.45) is 1.56. The molecule has 5 heteroatoms. The van der Waals surface area contributed by atoms with E-state index in [1.54, 1.807) is 12.1 Å². The molecule has 112 valence electrons. The van der Waals surface area contributed by atoms with Crippen molar-refractivity contribution in [3.8, 4) is 5.75 Å². The molecule has 1 N–H and O–H groups in total. The van der Waals surface area contributed by atoms with Crippen molar-refractivity contribution in [1.82, 2.24) is 5.43 Å². The van der Waals surface area contributed by atoms with Crippen molar-refractivity contribution < 1.29 is 9.53 Å². The third-order valence-corrected chi connectivity index (χ3v) is 4.36. The van der Waals surface area contributed by atoms with Crippen molar-refractivity contribution in [2.45, 2.75) is 32.7 Å². The zero-order valence-corrected chi connectivity index (χ0v) is 13.0. The average molecular weight is 307 g/mol. The summed E-state index contributed by atoms with van der Waals surface area (Å²) < 4.78 is 5.71. The standard InChI is InChI=1S/C16H19ClN2O2/c1-16(2)7-12-15(14(20)8-16)13(19-18-12)9-21-11-5-3-10(17)4-6-11/h3-6,12,15,18H,7-9H2,1-2H3/t12-,15-/m1/s1. The van der Waals surface area contributed by atoms with Crippen molar-refractivity contribution in [1.29, 1.82) is 0 Å². The number of carbonyl (C=O) groups excluding carboxylic acids is 1. The molecule has 1 heterocycles. The van der Waals surface area contributed by atoms with Crippen molar-refractivity contribution in [3.63, 3.8) is 0 Å². The van der Waals surface area contributed by atoms with Crippen LogP contribution >= 0.6 is 11.6 Å². The number of benzene rings is 1. The minimum absolute atomic E-state index is 0.0489. The van der Waals surface area contributed by atoms with Crippen LogP contribution in [0.15, 0.2) is 29.4 Å². The van der Waals surface area contributed by atoms with E-state index in [0.717, 1.165) is 17.9 Å². The van der Waals surface area contributed by atoms with E-state index < -0.39 is 0 Å². The second kappa shape index (κ2) is 5.34. The average Bonchev–Trinajstić information content (AvgIpc) is 2.79. The monoisotopic (exact) mass is 306 g/mol. The number of hydrogen-bond donors (Lipinski definition) is 1. The molecule has 1 aliphatic heterocycles. The molecule has 3 rings (SSSR count). The molecule has 0 spiro atoms. The summed E-state index contributed by atoms with van der Waals surface area (Å²) in [5.41, 5.74) is 3.96. The summed E-state index contributed by atoms with van der Waals surface area (Å²) >= 11 is 5.84. The Balaban J connectivity index is 1.65. The Hall–Kier alpha value is -1.55. The molecular weight excluding hydrogens is 288 g/mol. The zero-order chi connectivity index (χ0) is 15.0. The van der Waals surface area contributed by atoms with Gasteiger partial charge in [0.2, 0.25) is 0 Å². The predicted molar refractivity (Wildman–Crippen MR) is 82.8 cm³/mol. The molecule has 0 unspecified atom stereocenters. The molecule has 1 aromatic rings. The number of nitrogens with one attached hydrogen (secondary N) is 1. The van der Waals surface area contributed by atoms with Gasteiger partial charge in [-0.3, -0.25) is 4.79 Å². The fraction of sp³-hybridized carbons (Fsp3) is 0.500. The third kappa shape index (κ3) is 3.05. The largest absolute Gasteiger partial charge is 0.488 e. The van der Waals surface area contributed by atoms with E-state index in [0.29, 0.717) is 18.1 Å². The summed E-state index contributed by atoms with van der Waals surface area (Å²) in [5, 5.41) is 5.00. The van der Waals surface area contributed by atoms with Gasteiger partial charge in [0.1, 0.15) is 18.1 Å². The topological polar surface area (TPSA) is 50.7 Å². The number of hydrogen-bond acceptors (Lipinski definition) is 4. The number of rotatable bonds is 3. The number of carbonyl (C=O) groups is 1. The van der Waals surface area contributed by atoms with E-state index >= 15 is 0 Å². The van der Waals surface area contributed by atoms with Crippen LogP contribution in [-0.4, -0.2) is 24.1 Å². The normalized spacial score (nSPS) is 26.8. The number of halogens is 1. The maximum atomic E-state index is 12.4. The van der Waals surface area contributed by atoms with E-state index in [1.807, 2.05) is 12.1 Å². The highest BCUT2D eigenvalue weighted by Crippen LogP contribution is 2.38. The lowest BCUT2D eigenvalue weighted by Gasteiger charge is -2.36. The molecule has 1 aromatic carbocycles. The first-order valence-electron chi connectivity index (χ1n) is 7.18. The third-order valence-electron chi connectivity index (χ3n) is 4.11. The number of Topliss-reactive ketones (excluding diaryl/α,β-unsaturated/α-hetero) is 1. The van der Waals surface area contributed by atoms with E-state index in [9.17, 15) is 4.79 Å². The number of nitrogens with zero attached hydrogens (tertiary/aromatic N) is 1. The number of ether oxygens (including phenoxy) is 1. The number of ketones is 1. The van der Waals surface area contributed by atoms with Crippen molar-refractivity contribution in [2.24, 2.45) is 16.4 Å². The quantitative estimate of drug-likeness (QED) is 0.934. The first-order valence-corrected chi connectivity index (χ1v) is 7.55. The molecule has 0 saturated heterocycles. The van der Waals surface area contributed by atoms with Gasteiger partial charge in [-0.15, -0.1) is 0 Å². The molecule has 1 saturated carbocycles.